The summed E-state index contributed by atoms with van der Waals surface area (Å²) in [6, 6.07) is 0. The van der Waals surface area contributed by atoms with E-state index in [1.54, 1.807) is 7.11 Å². The number of rotatable bonds is 3. The number of nitrogens with zero attached hydrogens (tertiary/aromatic N) is 1. The molecule has 4 heteroatoms. The van der Waals surface area contributed by atoms with Crippen molar-refractivity contribution >= 4 is 11.9 Å². The standard InChI is InChI=1S/C11H19NO3/c1-14-10(13)8-12-11(15-2)9-6-4-3-5-7-9/h9H,3-8H2,1-2H3. The van der Waals surface area contributed by atoms with E-state index >= 15 is 0 Å². The van der Waals surface area contributed by atoms with Gasteiger partial charge in [0.2, 0.25) is 0 Å². The minimum Gasteiger partial charge on any atom is -0.484 e. The highest BCUT2D eigenvalue weighted by Gasteiger charge is 2.20. The van der Waals surface area contributed by atoms with Gasteiger partial charge in [-0.1, -0.05) is 19.3 Å². The summed E-state index contributed by atoms with van der Waals surface area (Å²) < 4.78 is 9.76. The number of hydrogen-bond acceptors (Lipinski definition) is 4. The van der Waals surface area contributed by atoms with Gasteiger partial charge in [0.05, 0.1) is 14.2 Å². The topological polar surface area (TPSA) is 47.9 Å². The molecule has 1 saturated carbocycles. The van der Waals surface area contributed by atoms with Gasteiger partial charge in [-0.25, -0.2) is 4.99 Å². The molecule has 0 aliphatic heterocycles. The molecule has 1 aliphatic rings. The van der Waals surface area contributed by atoms with E-state index in [4.69, 9.17) is 4.74 Å². The first kappa shape index (κ1) is 12.0. The quantitative estimate of drug-likeness (QED) is 0.408. The van der Waals surface area contributed by atoms with E-state index in [0.717, 1.165) is 12.8 Å². The van der Waals surface area contributed by atoms with Crippen LogP contribution in [0.4, 0.5) is 0 Å². The van der Waals surface area contributed by atoms with E-state index < -0.39 is 0 Å². The molecule has 0 N–H and O–H groups in total. The molecule has 1 fully saturated rings. The van der Waals surface area contributed by atoms with Crippen LogP contribution in [0.2, 0.25) is 0 Å². The van der Waals surface area contributed by atoms with Crippen LogP contribution in [0.25, 0.3) is 0 Å². The number of methoxy groups -OCH3 is 2. The van der Waals surface area contributed by atoms with E-state index in [-0.39, 0.29) is 12.5 Å². The minimum absolute atomic E-state index is 0.0656. The van der Waals surface area contributed by atoms with Crippen molar-refractivity contribution in [1.82, 2.24) is 0 Å². The van der Waals surface area contributed by atoms with Crippen LogP contribution in [-0.2, 0) is 14.3 Å². The Kier molecular flexibility index (Phi) is 5.15. The lowest BCUT2D eigenvalue weighted by Gasteiger charge is -2.21. The van der Waals surface area contributed by atoms with Gasteiger partial charge in [0, 0.05) is 5.92 Å². The predicted octanol–water partition coefficient (Wildman–Crippen LogP) is 1.78. The predicted molar refractivity (Wildman–Crippen MR) is 57.9 cm³/mol. The first-order valence-corrected chi connectivity index (χ1v) is 5.43. The smallest absolute Gasteiger partial charge is 0.327 e. The Bertz CT molecular complexity index is 232. The Balaban J connectivity index is 2.48. The average Bonchev–Trinajstić information content (AvgIpc) is 2.31. The molecule has 0 unspecified atom stereocenters. The van der Waals surface area contributed by atoms with Crippen molar-refractivity contribution in [2.45, 2.75) is 32.1 Å². The average molecular weight is 213 g/mol. The zero-order valence-corrected chi connectivity index (χ0v) is 9.49. The lowest BCUT2D eigenvalue weighted by Crippen LogP contribution is -2.21. The third-order valence-electron chi connectivity index (χ3n) is 2.76. The molecular formula is C11H19NO3. The molecular weight excluding hydrogens is 194 g/mol. The van der Waals surface area contributed by atoms with Crippen molar-refractivity contribution in [1.29, 1.82) is 0 Å². The van der Waals surface area contributed by atoms with E-state index in [9.17, 15) is 4.79 Å². The summed E-state index contributed by atoms with van der Waals surface area (Å²) in [6.45, 7) is 0.0656. The summed E-state index contributed by atoms with van der Waals surface area (Å²) in [5.74, 6) is 0.786. The molecule has 0 spiro atoms. The van der Waals surface area contributed by atoms with Crippen molar-refractivity contribution in [3.63, 3.8) is 0 Å². The Morgan fingerprint density at radius 1 is 1.20 bits per heavy atom. The maximum atomic E-state index is 10.9. The maximum absolute atomic E-state index is 10.9. The molecule has 1 rings (SSSR count). The van der Waals surface area contributed by atoms with Crippen LogP contribution < -0.4 is 0 Å². The van der Waals surface area contributed by atoms with Crippen LogP contribution in [0.1, 0.15) is 32.1 Å². The third kappa shape index (κ3) is 3.90. The number of hydrogen-bond donors (Lipinski definition) is 0. The van der Waals surface area contributed by atoms with Gasteiger partial charge in [-0.3, -0.25) is 4.79 Å². The maximum Gasteiger partial charge on any atom is 0.327 e. The number of esters is 1. The Labute approximate surface area is 90.7 Å². The Morgan fingerprint density at radius 2 is 1.87 bits per heavy atom. The van der Waals surface area contributed by atoms with E-state index in [1.807, 2.05) is 0 Å². The fourth-order valence-corrected chi connectivity index (χ4v) is 1.92. The first-order chi connectivity index (χ1) is 7.27. The summed E-state index contributed by atoms with van der Waals surface area (Å²) in [6.07, 6.45) is 5.99. The van der Waals surface area contributed by atoms with E-state index in [0.29, 0.717) is 11.8 Å². The van der Waals surface area contributed by atoms with Crippen LogP contribution in [0.3, 0.4) is 0 Å². The molecule has 0 heterocycles. The second kappa shape index (κ2) is 6.43. The highest BCUT2D eigenvalue weighted by Crippen LogP contribution is 2.25. The summed E-state index contributed by atoms with van der Waals surface area (Å²) in [7, 11) is 2.98. The monoisotopic (exact) mass is 213 g/mol. The molecule has 0 bridgehead atoms. The molecule has 0 amide bonds. The molecule has 0 aromatic heterocycles. The lowest BCUT2D eigenvalue weighted by molar-refractivity contribution is -0.138. The summed E-state index contributed by atoms with van der Waals surface area (Å²) >= 11 is 0. The van der Waals surface area contributed by atoms with Crippen molar-refractivity contribution in [3.05, 3.63) is 0 Å². The fraction of sp³-hybridized carbons (Fsp3) is 0.818. The summed E-state index contributed by atoms with van der Waals surface area (Å²) in [5.41, 5.74) is 0. The van der Waals surface area contributed by atoms with Gasteiger partial charge in [0.1, 0.15) is 6.54 Å². The van der Waals surface area contributed by atoms with Gasteiger partial charge in [-0.05, 0) is 12.8 Å². The van der Waals surface area contributed by atoms with Crippen LogP contribution >= 0.6 is 0 Å². The second-order valence-electron chi connectivity index (χ2n) is 3.77. The van der Waals surface area contributed by atoms with E-state index in [2.05, 4.69) is 9.73 Å². The lowest BCUT2D eigenvalue weighted by atomic mass is 9.89. The molecule has 0 aromatic rings. The van der Waals surface area contributed by atoms with Crippen molar-refractivity contribution in [2.24, 2.45) is 10.9 Å². The molecule has 0 radical (unpaired) electrons. The normalized spacial score (nSPS) is 18.7. The zero-order valence-electron chi connectivity index (χ0n) is 9.49. The molecule has 0 atom stereocenters. The number of aliphatic imine (C=N–C) groups is 1. The van der Waals surface area contributed by atoms with Crippen LogP contribution in [0.15, 0.2) is 4.99 Å². The molecule has 86 valence electrons. The van der Waals surface area contributed by atoms with Crippen molar-refractivity contribution in [2.75, 3.05) is 20.8 Å². The van der Waals surface area contributed by atoms with E-state index in [1.165, 1.54) is 26.4 Å². The Hall–Kier alpha value is -1.06. The number of ether oxygens (including phenoxy) is 2. The van der Waals surface area contributed by atoms with Gasteiger partial charge >= 0.3 is 5.97 Å². The molecule has 0 aromatic carbocycles. The summed E-state index contributed by atoms with van der Waals surface area (Å²) in [5, 5.41) is 0. The SMILES string of the molecule is COC(=O)CN=C(OC)C1CCCCC1. The number of carbonyl (C=O) groups is 1. The second-order valence-corrected chi connectivity index (χ2v) is 3.77. The van der Waals surface area contributed by atoms with Crippen LogP contribution in [-0.4, -0.2) is 32.6 Å². The summed E-state index contributed by atoms with van der Waals surface area (Å²) in [4.78, 5) is 15.1. The van der Waals surface area contributed by atoms with Crippen LogP contribution in [0.5, 0.6) is 0 Å². The van der Waals surface area contributed by atoms with Crippen molar-refractivity contribution < 1.29 is 14.3 Å². The van der Waals surface area contributed by atoms with Gasteiger partial charge in [-0.15, -0.1) is 0 Å². The number of carbonyl (C=O) groups excluding carboxylic acids is 1. The third-order valence-corrected chi connectivity index (χ3v) is 2.76. The van der Waals surface area contributed by atoms with Gasteiger partial charge in [-0.2, -0.15) is 0 Å². The Morgan fingerprint density at radius 3 is 2.40 bits per heavy atom. The minimum atomic E-state index is -0.319. The van der Waals surface area contributed by atoms with Gasteiger partial charge in [0.25, 0.3) is 0 Å². The highest BCUT2D eigenvalue weighted by atomic mass is 16.5. The van der Waals surface area contributed by atoms with Crippen LogP contribution in [0, 0.1) is 5.92 Å². The van der Waals surface area contributed by atoms with Crippen molar-refractivity contribution in [3.8, 4) is 0 Å². The zero-order chi connectivity index (χ0) is 11.1. The molecule has 4 nitrogen and oxygen atoms in total. The first-order valence-electron chi connectivity index (χ1n) is 5.43. The highest BCUT2D eigenvalue weighted by molar-refractivity contribution is 5.82. The molecule has 15 heavy (non-hydrogen) atoms. The molecule has 0 saturated heterocycles. The molecule has 1 aliphatic carbocycles. The largest absolute Gasteiger partial charge is 0.484 e. The fourth-order valence-electron chi connectivity index (χ4n) is 1.92. The van der Waals surface area contributed by atoms with Gasteiger partial charge in [0.15, 0.2) is 5.90 Å². The van der Waals surface area contributed by atoms with Gasteiger partial charge < -0.3 is 9.47 Å².